The predicted molar refractivity (Wildman–Crippen MR) is 90.1 cm³/mol. The second-order valence-corrected chi connectivity index (χ2v) is 5.12. The Morgan fingerprint density at radius 3 is 2.45 bits per heavy atom. The Balaban J connectivity index is 2.38. The summed E-state index contributed by atoms with van der Waals surface area (Å²) in [6, 6.07) is 11.0. The summed E-state index contributed by atoms with van der Waals surface area (Å²) in [6.45, 7) is 5.85. The molecule has 0 N–H and O–H groups in total. The number of benzene rings is 2. The van der Waals surface area contributed by atoms with E-state index in [4.69, 9.17) is 9.15 Å². The highest BCUT2D eigenvalue weighted by molar-refractivity contribution is 5.92. The summed E-state index contributed by atoms with van der Waals surface area (Å²) >= 11 is 0. The van der Waals surface area contributed by atoms with E-state index in [2.05, 4.69) is 18.7 Å². The molecular formula is C18H19NO3. The first-order chi connectivity index (χ1) is 10.7. The lowest BCUT2D eigenvalue weighted by molar-refractivity contribution is 0.414. The number of ether oxygens (including phenoxy) is 1. The molecule has 4 heteroatoms. The smallest absolute Gasteiger partial charge is 0.200 e. The largest absolute Gasteiger partial charge is 0.494 e. The van der Waals surface area contributed by atoms with Gasteiger partial charge < -0.3 is 14.1 Å². The summed E-state index contributed by atoms with van der Waals surface area (Å²) in [4.78, 5) is 14.9. The highest BCUT2D eigenvalue weighted by Gasteiger charge is 2.15. The summed E-state index contributed by atoms with van der Waals surface area (Å²) in [5.74, 6) is 0.717. The third-order valence-corrected chi connectivity index (χ3v) is 3.98. The van der Waals surface area contributed by atoms with E-state index in [1.54, 1.807) is 25.3 Å². The maximum Gasteiger partial charge on any atom is 0.200 e. The average Bonchev–Trinajstić information content (AvgIpc) is 2.56. The van der Waals surface area contributed by atoms with Crippen molar-refractivity contribution in [1.29, 1.82) is 0 Å². The van der Waals surface area contributed by atoms with E-state index in [-0.39, 0.29) is 5.43 Å². The summed E-state index contributed by atoms with van der Waals surface area (Å²) in [5.41, 5.74) is 2.06. The number of methoxy groups -OCH3 is 1. The molecule has 0 radical (unpaired) electrons. The maximum absolute atomic E-state index is 12.7. The van der Waals surface area contributed by atoms with Gasteiger partial charge in [0.05, 0.1) is 23.6 Å². The van der Waals surface area contributed by atoms with Gasteiger partial charge in [-0.2, -0.15) is 0 Å². The van der Waals surface area contributed by atoms with Crippen molar-refractivity contribution in [3.8, 4) is 5.75 Å². The molecule has 1 heterocycles. The molecule has 0 saturated carbocycles. The molecule has 0 unspecified atom stereocenters. The Labute approximate surface area is 128 Å². The van der Waals surface area contributed by atoms with Crippen molar-refractivity contribution in [2.75, 3.05) is 25.1 Å². The zero-order chi connectivity index (χ0) is 15.7. The van der Waals surface area contributed by atoms with E-state index < -0.39 is 0 Å². The zero-order valence-corrected chi connectivity index (χ0v) is 13.1. The van der Waals surface area contributed by atoms with Gasteiger partial charge in [0.25, 0.3) is 0 Å². The molecule has 0 aliphatic heterocycles. The Kier molecular flexibility index (Phi) is 3.75. The molecule has 3 rings (SSSR count). The van der Waals surface area contributed by atoms with Gasteiger partial charge in [-0.1, -0.05) is 12.1 Å². The first-order valence-electron chi connectivity index (χ1n) is 7.48. The van der Waals surface area contributed by atoms with Gasteiger partial charge in [-0.25, -0.2) is 0 Å². The maximum atomic E-state index is 12.7. The molecule has 0 fully saturated rings. The van der Waals surface area contributed by atoms with Crippen molar-refractivity contribution in [2.45, 2.75) is 13.8 Å². The Morgan fingerprint density at radius 1 is 1.05 bits per heavy atom. The summed E-state index contributed by atoms with van der Waals surface area (Å²) in [7, 11) is 1.63. The molecule has 22 heavy (non-hydrogen) atoms. The van der Waals surface area contributed by atoms with Crippen molar-refractivity contribution in [1.82, 2.24) is 0 Å². The number of anilines is 1. The van der Waals surface area contributed by atoms with Crippen molar-refractivity contribution >= 4 is 27.6 Å². The SMILES string of the molecule is CCN(CC)c1cc2c(=O)c3ccccc3oc2cc1OC. The minimum atomic E-state index is -0.00657. The van der Waals surface area contributed by atoms with Crippen molar-refractivity contribution in [3.63, 3.8) is 0 Å². The van der Waals surface area contributed by atoms with Crippen LogP contribution >= 0.6 is 0 Å². The second-order valence-electron chi connectivity index (χ2n) is 5.12. The summed E-state index contributed by atoms with van der Waals surface area (Å²) < 4.78 is 11.4. The van der Waals surface area contributed by atoms with Crippen LogP contribution in [0.15, 0.2) is 45.6 Å². The summed E-state index contributed by atoms with van der Waals surface area (Å²) in [6.07, 6.45) is 0. The van der Waals surface area contributed by atoms with E-state index in [0.717, 1.165) is 24.5 Å². The normalized spacial score (nSPS) is 11.0. The number of hydrogen-bond acceptors (Lipinski definition) is 4. The van der Waals surface area contributed by atoms with E-state index in [0.29, 0.717) is 21.9 Å². The Morgan fingerprint density at radius 2 is 1.77 bits per heavy atom. The van der Waals surface area contributed by atoms with Gasteiger partial charge in [-0.3, -0.25) is 4.79 Å². The topological polar surface area (TPSA) is 42.7 Å². The molecule has 4 nitrogen and oxygen atoms in total. The summed E-state index contributed by atoms with van der Waals surface area (Å²) in [5, 5.41) is 1.19. The second kappa shape index (κ2) is 5.72. The van der Waals surface area contributed by atoms with Gasteiger partial charge in [0, 0.05) is 19.2 Å². The molecule has 2 aromatic carbocycles. The third-order valence-electron chi connectivity index (χ3n) is 3.98. The number of hydrogen-bond donors (Lipinski definition) is 0. The Hall–Kier alpha value is -2.49. The minimum Gasteiger partial charge on any atom is -0.494 e. The molecule has 0 saturated heterocycles. The van der Waals surface area contributed by atoms with Gasteiger partial charge in [-0.15, -0.1) is 0 Å². The average molecular weight is 297 g/mol. The van der Waals surface area contributed by atoms with Crippen LogP contribution in [0.5, 0.6) is 5.75 Å². The quantitative estimate of drug-likeness (QED) is 0.687. The highest BCUT2D eigenvalue weighted by Crippen LogP contribution is 2.33. The van der Waals surface area contributed by atoms with Crippen LogP contribution in [0.1, 0.15) is 13.8 Å². The molecule has 0 spiro atoms. The fourth-order valence-electron chi connectivity index (χ4n) is 2.79. The molecular weight excluding hydrogens is 278 g/mol. The van der Waals surface area contributed by atoms with Crippen molar-refractivity contribution in [2.24, 2.45) is 0 Å². The fraction of sp³-hybridized carbons (Fsp3) is 0.278. The fourth-order valence-corrected chi connectivity index (χ4v) is 2.79. The molecule has 0 bridgehead atoms. The highest BCUT2D eigenvalue weighted by atomic mass is 16.5. The molecule has 114 valence electrons. The van der Waals surface area contributed by atoms with Crippen LogP contribution in [-0.2, 0) is 0 Å². The first kappa shape index (κ1) is 14.4. The molecule has 0 atom stereocenters. The van der Waals surface area contributed by atoms with E-state index in [9.17, 15) is 4.79 Å². The number of nitrogens with zero attached hydrogens (tertiary/aromatic N) is 1. The van der Waals surface area contributed by atoms with Gasteiger partial charge >= 0.3 is 0 Å². The van der Waals surface area contributed by atoms with Crippen molar-refractivity contribution < 1.29 is 9.15 Å². The van der Waals surface area contributed by atoms with Gasteiger partial charge in [-0.05, 0) is 32.0 Å². The van der Waals surface area contributed by atoms with Gasteiger partial charge in [0.1, 0.15) is 16.9 Å². The van der Waals surface area contributed by atoms with Gasteiger partial charge in [0.15, 0.2) is 0 Å². The van der Waals surface area contributed by atoms with Crippen LogP contribution in [0.4, 0.5) is 5.69 Å². The number of fused-ring (bicyclic) bond motifs is 2. The first-order valence-corrected chi connectivity index (χ1v) is 7.48. The van der Waals surface area contributed by atoms with Gasteiger partial charge in [0.2, 0.25) is 5.43 Å². The van der Waals surface area contributed by atoms with E-state index in [1.807, 2.05) is 18.2 Å². The Bertz CT molecular complexity index is 879. The van der Waals surface area contributed by atoms with E-state index >= 15 is 0 Å². The van der Waals surface area contributed by atoms with Crippen LogP contribution in [0.3, 0.4) is 0 Å². The third kappa shape index (κ3) is 2.21. The lowest BCUT2D eigenvalue weighted by Crippen LogP contribution is -2.22. The molecule has 3 aromatic rings. The lowest BCUT2D eigenvalue weighted by atomic mass is 10.1. The minimum absolute atomic E-state index is 0.00657. The predicted octanol–water partition coefficient (Wildman–Crippen LogP) is 3.80. The standard InChI is InChI=1S/C18H19NO3/c1-4-19(5-2)14-10-13-16(11-17(14)21-3)22-15-9-7-6-8-12(15)18(13)20/h6-11H,4-5H2,1-3H3. The van der Waals surface area contributed by atoms with Crippen molar-refractivity contribution in [3.05, 3.63) is 46.6 Å². The molecule has 0 aliphatic carbocycles. The number of rotatable bonds is 4. The lowest BCUT2D eigenvalue weighted by Gasteiger charge is -2.23. The van der Waals surface area contributed by atoms with Crippen LogP contribution < -0.4 is 15.1 Å². The van der Waals surface area contributed by atoms with Crippen LogP contribution in [0.25, 0.3) is 21.9 Å². The van der Waals surface area contributed by atoms with Crippen LogP contribution in [0.2, 0.25) is 0 Å². The molecule has 0 aliphatic rings. The van der Waals surface area contributed by atoms with Crippen LogP contribution in [0, 0.1) is 0 Å². The number of para-hydroxylation sites is 1. The van der Waals surface area contributed by atoms with E-state index in [1.165, 1.54) is 0 Å². The monoisotopic (exact) mass is 297 g/mol. The zero-order valence-electron chi connectivity index (χ0n) is 13.1. The van der Waals surface area contributed by atoms with Crippen LogP contribution in [-0.4, -0.2) is 20.2 Å². The molecule has 1 aromatic heterocycles. The molecule has 0 amide bonds.